The van der Waals surface area contributed by atoms with Gasteiger partial charge in [0.1, 0.15) is 24.4 Å². The minimum atomic E-state index is -0.765. The molecule has 0 radical (unpaired) electrons. The molecular formula is C12H20O6. The lowest BCUT2D eigenvalue weighted by Crippen LogP contribution is -2.42. The maximum absolute atomic E-state index is 10.3. The predicted octanol–water partition coefficient (Wildman–Crippen LogP) is 0.375. The first-order valence-electron chi connectivity index (χ1n) is 6.28. The molecule has 6 nitrogen and oxygen atoms in total. The summed E-state index contributed by atoms with van der Waals surface area (Å²) in [4.78, 5) is 0. The van der Waals surface area contributed by atoms with Crippen LogP contribution in [0.5, 0.6) is 0 Å². The highest BCUT2D eigenvalue weighted by Crippen LogP contribution is 2.40. The van der Waals surface area contributed by atoms with Gasteiger partial charge in [0, 0.05) is 0 Å². The molecule has 3 aliphatic rings. The lowest BCUT2D eigenvalue weighted by Gasteiger charge is -2.26. The predicted molar refractivity (Wildman–Crippen MR) is 59.6 cm³/mol. The molecule has 0 saturated carbocycles. The average molecular weight is 260 g/mol. The Labute approximate surface area is 106 Å². The van der Waals surface area contributed by atoms with Crippen LogP contribution in [0.3, 0.4) is 0 Å². The van der Waals surface area contributed by atoms with E-state index >= 15 is 0 Å². The maximum Gasteiger partial charge on any atom is 0.190 e. The largest absolute Gasteiger partial charge is 0.387 e. The van der Waals surface area contributed by atoms with Crippen molar-refractivity contribution in [2.45, 2.75) is 70.0 Å². The molecule has 0 aliphatic carbocycles. The molecule has 0 spiro atoms. The number of hydrogen-bond acceptors (Lipinski definition) is 6. The highest BCUT2D eigenvalue weighted by molar-refractivity contribution is 4.97. The molecule has 6 heteroatoms. The van der Waals surface area contributed by atoms with Crippen LogP contribution in [0.15, 0.2) is 0 Å². The maximum atomic E-state index is 10.3. The summed E-state index contributed by atoms with van der Waals surface area (Å²) in [6.07, 6.45) is -2.53. The Morgan fingerprint density at radius 1 is 0.944 bits per heavy atom. The minimum absolute atomic E-state index is 0.295. The standard InChI is InChI=1S/C12H20O6/c1-11(2)14-5-6(16-11)8-7(13)9-10(15-8)18-12(3,4)17-9/h6-10,13H,5H2,1-4H3/t6-,7+,8-,9-,10-/m0/s1. The van der Waals surface area contributed by atoms with E-state index in [9.17, 15) is 5.11 Å². The van der Waals surface area contributed by atoms with Crippen LogP contribution < -0.4 is 0 Å². The van der Waals surface area contributed by atoms with Crippen molar-refractivity contribution in [3.8, 4) is 0 Å². The van der Waals surface area contributed by atoms with Gasteiger partial charge in [-0.25, -0.2) is 0 Å². The molecule has 0 unspecified atom stereocenters. The quantitative estimate of drug-likeness (QED) is 0.735. The number of rotatable bonds is 1. The van der Waals surface area contributed by atoms with Gasteiger partial charge in [0.25, 0.3) is 0 Å². The second kappa shape index (κ2) is 3.88. The first-order valence-corrected chi connectivity index (χ1v) is 6.28. The van der Waals surface area contributed by atoms with Gasteiger partial charge in [0.15, 0.2) is 17.9 Å². The number of fused-ring (bicyclic) bond motifs is 1. The van der Waals surface area contributed by atoms with Gasteiger partial charge < -0.3 is 28.8 Å². The van der Waals surface area contributed by atoms with Crippen molar-refractivity contribution in [3.05, 3.63) is 0 Å². The Kier molecular flexibility index (Phi) is 2.75. The third-order valence-electron chi connectivity index (χ3n) is 3.45. The highest BCUT2D eigenvalue weighted by Gasteiger charge is 2.57. The van der Waals surface area contributed by atoms with Crippen molar-refractivity contribution >= 4 is 0 Å². The molecule has 3 saturated heterocycles. The summed E-state index contributed by atoms with van der Waals surface area (Å²) in [5, 5.41) is 10.3. The van der Waals surface area contributed by atoms with Gasteiger partial charge in [-0.2, -0.15) is 0 Å². The van der Waals surface area contributed by atoms with Gasteiger partial charge in [-0.15, -0.1) is 0 Å². The van der Waals surface area contributed by atoms with Crippen LogP contribution in [-0.2, 0) is 23.7 Å². The molecule has 0 aromatic rings. The zero-order valence-corrected chi connectivity index (χ0v) is 11.1. The first-order chi connectivity index (χ1) is 8.27. The Bertz CT molecular complexity index is 341. The van der Waals surface area contributed by atoms with Gasteiger partial charge in [-0.3, -0.25) is 0 Å². The third-order valence-corrected chi connectivity index (χ3v) is 3.45. The van der Waals surface area contributed by atoms with Crippen molar-refractivity contribution in [2.75, 3.05) is 6.61 Å². The summed E-state index contributed by atoms with van der Waals surface area (Å²) in [7, 11) is 0. The van der Waals surface area contributed by atoms with Gasteiger partial charge >= 0.3 is 0 Å². The van der Waals surface area contributed by atoms with E-state index in [-0.39, 0.29) is 6.10 Å². The molecule has 3 heterocycles. The monoisotopic (exact) mass is 260 g/mol. The topological polar surface area (TPSA) is 66.4 Å². The summed E-state index contributed by atoms with van der Waals surface area (Å²) < 4.78 is 28.1. The molecule has 3 fully saturated rings. The lowest BCUT2D eigenvalue weighted by atomic mass is 10.1. The van der Waals surface area contributed by atoms with Gasteiger partial charge in [-0.1, -0.05) is 0 Å². The van der Waals surface area contributed by atoms with Gasteiger partial charge in [0.2, 0.25) is 0 Å². The molecule has 0 aromatic carbocycles. The summed E-state index contributed by atoms with van der Waals surface area (Å²) >= 11 is 0. The average Bonchev–Trinajstić information content (AvgIpc) is 2.81. The molecule has 0 aromatic heterocycles. The molecule has 0 amide bonds. The van der Waals surface area contributed by atoms with Gasteiger partial charge in [0.05, 0.1) is 6.61 Å². The second-order valence-electron chi connectivity index (χ2n) is 5.93. The summed E-state index contributed by atoms with van der Waals surface area (Å²) in [6, 6.07) is 0. The Morgan fingerprint density at radius 2 is 1.67 bits per heavy atom. The van der Waals surface area contributed by atoms with Crippen LogP contribution in [0.4, 0.5) is 0 Å². The zero-order chi connectivity index (χ0) is 13.1. The molecule has 18 heavy (non-hydrogen) atoms. The number of aliphatic hydroxyl groups is 1. The Hall–Kier alpha value is -0.240. The van der Waals surface area contributed by atoms with Crippen LogP contribution in [0.25, 0.3) is 0 Å². The minimum Gasteiger partial charge on any atom is -0.387 e. The number of ether oxygens (including phenoxy) is 5. The van der Waals surface area contributed by atoms with Crippen molar-refractivity contribution < 1.29 is 28.8 Å². The number of hydrogen-bond donors (Lipinski definition) is 1. The van der Waals surface area contributed by atoms with Crippen molar-refractivity contribution in [1.29, 1.82) is 0 Å². The summed E-state index contributed by atoms with van der Waals surface area (Å²) in [5.74, 6) is -1.35. The van der Waals surface area contributed by atoms with Crippen LogP contribution in [0, 0.1) is 0 Å². The highest BCUT2D eigenvalue weighted by atomic mass is 16.8. The van der Waals surface area contributed by atoms with E-state index in [2.05, 4.69) is 0 Å². The summed E-state index contributed by atoms with van der Waals surface area (Å²) in [6.45, 7) is 7.68. The summed E-state index contributed by atoms with van der Waals surface area (Å²) in [5.41, 5.74) is 0. The fourth-order valence-corrected chi connectivity index (χ4v) is 2.70. The third kappa shape index (κ3) is 2.07. The van der Waals surface area contributed by atoms with Gasteiger partial charge in [-0.05, 0) is 27.7 Å². The van der Waals surface area contributed by atoms with Crippen LogP contribution in [0.1, 0.15) is 27.7 Å². The molecule has 104 valence electrons. The van der Waals surface area contributed by atoms with E-state index in [1.54, 1.807) is 13.8 Å². The second-order valence-corrected chi connectivity index (χ2v) is 5.93. The van der Waals surface area contributed by atoms with Crippen LogP contribution in [0.2, 0.25) is 0 Å². The fourth-order valence-electron chi connectivity index (χ4n) is 2.70. The molecule has 5 atom stereocenters. The smallest absolute Gasteiger partial charge is 0.190 e. The Morgan fingerprint density at radius 3 is 2.22 bits per heavy atom. The molecule has 3 aliphatic heterocycles. The fraction of sp³-hybridized carbons (Fsp3) is 1.00. The zero-order valence-electron chi connectivity index (χ0n) is 11.1. The van der Waals surface area contributed by atoms with E-state index in [1.165, 1.54) is 0 Å². The van der Waals surface area contributed by atoms with Crippen LogP contribution >= 0.6 is 0 Å². The van der Waals surface area contributed by atoms with E-state index in [0.717, 1.165) is 0 Å². The van der Waals surface area contributed by atoms with E-state index in [0.29, 0.717) is 6.61 Å². The molecule has 1 N–H and O–H groups in total. The number of aliphatic hydroxyl groups excluding tert-OH is 1. The normalized spacial score (nSPS) is 49.5. The molecule has 3 rings (SSSR count). The molecule has 0 bridgehead atoms. The van der Waals surface area contributed by atoms with E-state index < -0.39 is 36.2 Å². The first kappa shape index (κ1) is 12.8. The SMILES string of the molecule is CC1(C)O[C@@H]2O[C@@H]([C@@H]3COC(C)(C)O3)[C@@H](O)[C@@H]2O1. The van der Waals surface area contributed by atoms with Crippen LogP contribution in [-0.4, -0.2) is 54.0 Å². The lowest BCUT2D eigenvalue weighted by molar-refractivity contribution is -0.232. The van der Waals surface area contributed by atoms with E-state index in [4.69, 9.17) is 23.7 Å². The van der Waals surface area contributed by atoms with Crippen molar-refractivity contribution in [3.63, 3.8) is 0 Å². The van der Waals surface area contributed by atoms with E-state index in [1.807, 2.05) is 13.8 Å². The molecular weight excluding hydrogens is 240 g/mol. The van der Waals surface area contributed by atoms with Crippen molar-refractivity contribution in [2.24, 2.45) is 0 Å². The van der Waals surface area contributed by atoms with Crippen molar-refractivity contribution in [1.82, 2.24) is 0 Å². The Balaban J connectivity index is 1.68.